The van der Waals surface area contributed by atoms with E-state index in [2.05, 4.69) is 4.74 Å². The van der Waals surface area contributed by atoms with Crippen LogP contribution < -0.4 is 0 Å². The zero-order chi connectivity index (χ0) is 7.82. The van der Waals surface area contributed by atoms with Gasteiger partial charge in [0.1, 0.15) is 0 Å². The fourth-order valence-corrected chi connectivity index (χ4v) is 0.390. The van der Waals surface area contributed by atoms with Gasteiger partial charge in [-0.05, 0) is 0 Å². The molecule has 0 bridgehead atoms. The Labute approximate surface area is 58.2 Å². The van der Waals surface area contributed by atoms with Crippen molar-refractivity contribution in [2.24, 2.45) is 0 Å². The van der Waals surface area contributed by atoms with Crippen LogP contribution in [0.4, 0.5) is 8.78 Å². The van der Waals surface area contributed by atoms with Crippen LogP contribution in [0.2, 0.25) is 0 Å². The first-order chi connectivity index (χ1) is 4.81. The van der Waals surface area contributed by atoms with E-state index in [1.807, 2.05) is 0 Å². The van der Waals surface area contributed by atoms with Crippen molar-refractivity contribution in [2.45, 2.75) is 12.8 Å². The van der Waals surface area contributed by atoms with Crippen LogP contribution in [0.25, 0.3) is 0 Å². The van der Waals surface area contributed by atoms with Gasteiger partial charge in [-0.25, -0.2) is 0 Å². The summed E-state index contributed by atoms with van der Waals surface area (Å²) in [7, 11) is 0. The van der Waals surface area contributed by atoms with Gasteiger partial charge in [-0.2, -0.15) is 0 Å². The van der Waals surface area contributed by atoms with Crippen LogP contribution >= 0.6 is 0 Å². The first-order valence-electron chi connectivity index (χ1n) is 3.08. The molecule has 0 saturated carbocycles. The standard InChI is InChI=1S/C6H10F2O2/c7-3-1-5-10-6(9)2-4-8/h1-5H2. The summed E-state index contributed by atoms with van der Waals surface area (Å²) in [5.74, 6) is -0.601. The lowest BCUT2D eigenvalue weighted by Gasteiger charge is -1.99. The van der Waals surface area contributed by atoms with Gasteiger partial charge in [0.2, 0.25) is 0 Å². The maximum Gasteiger partial charge on any atom is 0.308 e. The van der Waals surface area contributed by atoms with Gasteiger partial charge in [0.25, 0.3) is 0 Å². The van der Waals surface area contributed by atoms with E-state index in [9.17, 15) is 13.6 Å². The van der Waals surface area contributed by atoms with Crippen LogP contribution in [0.5, 0.6) is 0 Å². The molecule has 10 heavy (non-hydrogen) atoms. The minimum absolute atomic E-state index is 0.0509. The molecule has 0 unspecified atom stereocenters. The van der Waals surface area contributed by atoms with Gasteiger partial charge >= 0.3 is 5.97 Å². The Morgan fingerprint density at radius 3 is 2.50 bits per heavy atom. The molecular weight excluding hydrogens is 142 g/mol. The lowest BCUT2D eigenvalue weighted by atomic mass is 10.5. The molecule has 0 heterocycles. The van der Waals surface area contributed by atoms with E-state index >= 15 is 0 Å². The molecule has 2 nitrogen and oxygen atoms in total. The highest BCUT2D eigenvalue weighted by Crippen LogP contribution is 1.89. The van der Waals surface area contributed by atoms with E-state index in [1.165, 1.54) is 0 Å². The number of carbonyl (C=O) groups excluding carboxylic acids is 1. The van der Waals surface area contributed by atoms with Crippen molar-refractivity contribution < 1.29 is 18.3 Å². The van der Waals surface area contributed by atoms with Crippen LogP contribution in [0, 0.1) is 0 Å². The molecule has 0 aliphatic carbocycles. The zero-order valence-corrected chi connectivity index (χ0v) is 5.61. The second kappa shape index (κ2) is 6.45. The number of halogens is 2. The predicted molar refractivity (Wildman–Crippen MR) is 32.1 cm³/mol. The van der Waals surface area contributed by atoms with Crippen molar-refractivity contribution in [3.05, 3.63) is 0 Å². The highest BCUT2D eigenvalue weighted by Gasteiger charge is 1.99. The molecule has 0 amide bonds. The first kappa shape index (κ1) is 9.33. The Hall–Kier alpha value is -0.670. The summed E-state index contributed by atoms with van der Waals surface area (Å²) >= 11 is 0. The summed E-state index contributed by atoms with van der Waals surface area (Å²) in [6, 6.07) is 0. The Kier molecular flexibility index (Phi) is 6.02. The second-order valence-corrected chi connectivity index (χ2v) is 1.70. The van der Waals surface area contributed by atoms with Gasteiger partial charge in [0, 0.05) is 6.42 Å². The predicted octanol–water partition coefficient (Wildman–Crippen LogP) is 1.25. The lowest BCUT2D eigenvalue weighted by Crippen LogP contribution is -2.06. The largest absolute Gasteiger partial charge is 0.466 e. The van der Waals surface area contributed by atoms with Gasteiger partial charge in [-0.15, -0.1) is 0 Å². The van der Waals surface area contributed by atoms with Crippen molar-refractivity contribution in [3.63, 3.8) is 0 Å². The number of hydrogen-bond donors (Lipinski definition) is 0. The van der Waals surface area contributed by atoms with Crippen molar-refractivity contribution in [1.82, 2.24) is 0 Å². The fraction of sp³-hybridized carbons (Fsp3) is 0.833. The topological polar surface area (TPSA) is 26.3 Å². The first-order valence-corrected chi connectivity index (χ1v) is 3.08. The molecule has 0 aromatic carbocycles. The maximum atomic E-state index is 11.4. The average Bonchev–Trinajstić information content (AvgIpc) is 1.89. The number of alkyl halides is 2. The van der Waals surface area contributed by atoms with Crippen LogP contribution in [0.3, 0.4) is 0 Å². The third kappa shape index (κ3) is 5.47. The third-order valence-corrected chi connectivity index (χ3v) is 0.840. The summed E-state index contributed by atoms with van der Waals surface area (Å²) < 4.78 is 27.1. The Morgan fingerprint density at radius 2 is 2.00 bits per heavy atom. The van der Waals surface area contributed by atoms with Crippen LogP contribution in [-0.4, -0.2) is 25.9 Å². The SMILES string of the molecule is O=C(CCF)OCCCF. The molecule has 0 saturated heterocycles. The summed E-state index contributed by atoms with van der Waals surface area (Å²) in [4.78, 5) is 10.3. The van der Waals surface area contributed by atoms with Gasteiger partial charge < -0.3 is 4.74 Å². The molecular formula is C6H10F2O2. The summed E-state index contributed by atoms with van der Waals surface area (Å²) in [6.07, 6.45) is -0.0374. The minimum Gasteiger partial charge on any atom is -0.466 e. The molecule has 0 spiro atoms. The van der Waals surface area contributed by atoms with E-state index < -0.39 is 19.3 Å². The van der Waals surface area contributed by atoms with Crippen LogP contribution in [0.1, 0.15) is 12.8 Å². The minimum atomic E-state index is -0.714. The highest BCUT2D eigenvalue weighted by molar-refractivity contribution is 5.69. The van der Waals surface area contributed by atoms with E-state index in [1.54, 1.807) is 0 Å². The molecule has 0 N–H and O–H groups in total. The summed E-state index contributed by atoms with van der Waals surface area (Å²) in [5, 5.41) is 0. The van der Waals surface area contributed by atoms with Crippen LogP contribution in [0.15, 0.2) is 0 Å². The highest BCUT2D eigenvalue weighted by atomic mass is 19.1. The van der Waals surface area contributed by atoms with E-state index in [0.717, 1.165) is 0 Å². The van der Waals surface area contributed by atoms with Gasteiger partial charge in [-0.3, -0.25) is 13.6 Å². The third-order valence-electron chi connectivity index (χ3n) is 0.840. The van der Waals surface area contributed by atoms with Crippen molar-refractivity contribution in [1.29, 1.82) is 0 Å². The monoisotopic (exact) mass is 152 g/mol. The second-order valence-electron chi connectivity index (χ2n) is 1.70. The van der Waals surface area contributed by atoms with Gasteiger partial charge in [0.05, 0.1) is 26.4 Å². The van der Waals surface area contributed by atoms with E-state index in [4.69, 9.17) is 0 Å². The van der Waals surface area contributed by atoms with E-state index in [-0.39, 0.29) is 19.4 Å². The molecule has 0 aliphatic rings. The number of esters is 1. The molecule has 0 atom stereocenters. The Bertz CT molecular complexity index is 95.7. The molecule has 60 valence electrons. The molecule has 4 heteroatoms. The normalized spacial score (nSPS) is 9.40. The molecule has 0 aromatic rings. The van der Waals surface area contributed by atoms with Crippen molar-refractivity contribution in [2.75, 3.05) is 20.0 Å². The fourth-order valence-electron chi connectivity index (χ4n) is 0.390. The lowest BCUT2D eigenvalue weighted by molar-refractivity contribution is -0.144. The Balaban J connectivity index is 3.05. The Morgan fingerprint density at radius 1 is 1.30 bits per heavy atom. The average molecular weight is 152 g/mol. The molecule has 0 fully saturated rings. The summed E-state index contributed by atoms with van der Waals surface area (Å²) in [6.45, 7) is -1.17. The number of hydrogen-bond acceptors (Lipinski definition) is 2. The van der Waals surface area contributed by atoms with Gasteiger partial charge in [0.15, 0.2) is 0 Å². The van der Waals surface area contributed by atoms with Crippen molar-refractivity contribution >= 4 is 5.97 Å². The number of ether oxygens (including phenoxy) is 1. The number of rotatable bonds is 5. The molecule has 0 radical (unpaired) electrons. The maximum absolute atomic E-state index is 11.4. The van der Waals surface area contributed by atoms with Gasteiger partial charge in [-0.1, -0.05) is 0 Å². The van der Waals surface area contributed by atoms with E-state index in [0.29, 0.717) is 0 Å². The quantitative estimate of drug-likeness (QED) is 0.437. The summed E-state index contributed by atoms with van der Waals surface area (Å²) in [5.41, 5.74) is 0. The number of carbonyl (C=O) groups is 1. The molecule has 0 rings (SSSR count). The van der Waals surface area contributed by atoms with Crippen molar-refractivity contribution in [3.8, 4) is 0 Å². The molecule has 0 aromatic heterocycles. The smallest absolute Gasteiger partial charge is 0.308 e. The molecule has 0 aliphatic heterocycles. The zero-order valence-electron chi connectivity index (χ0n) is 5.61. The van der Waals surface area contributed by atoms with Crippen LogP contribution in [-0.2, 0) is 9.53 Å².